The van der Waals surface area contributed by atoms with Crippen LogP contribution in [-0.2, 0) is 0 Å². The number of hydrogen-bond donors (Lipinski definition) is 1. The lowest BCUT2D eigenvalue weighted by molar-refractivity contribution is 0.0955. The zero-order valence-electron chi connectivity index (χ0n) is 11.8. The van der Waals surface area contributed by atoms with Gasteiger partial charge in [-0.3, -0.25) is 4.79 Å². The molecule has 2 rings (SSSR count). The van der Waals surface area contributed by atoms with E-state index in [-0.39, 0.29) is 5.91 Å². The van der Waals surface area contributed by atoms with E-state index >= 15 is 0 Å². The summed E-state index contributed by atoms with van der Waals surface area (Å²) >= 11 is 1.75. The van der Waals surface area contributed by atoms with E-state index in [1.807, 2.05) is 50.2 Å². The lowest BCUT2D eigenvalue weighted by Gasteiger charge is -2.08. The van der Waals surface area contributed by atoms with Crippen molar-refractivity contribution in [1.29, 1.82) is 0 Å². The standard InChI is InChI=1S/C17H19NOS/c1-13-8-9-16(14(2)12-13)17(19)18-10-11-20-15-6-4-3-5-7-15/h3-9,12H,10-11H2,1-2H3,(H,18,19). The van der Waals surface area contributed by atoms with Crippen LogP contribution in [0, 0.1) is 13.8 Å². The fraction of sp³-hybridized carbons (Fsp3) is 0.235. The number of thioether (sulfide) groups is 1. The molecular weight excluding hydrogens is 266 g/mol. The van der Waals surface area contributed by atoms with Gasteiger partial charge in [-0.2, -0.15) is 0 Å². The van der Waals surface area contributed by atoms with Crippen molar-refractivity contribution < 1.29 is 4.79 Å². The summed E-state index contributed by atoms with van der Waals surface area (Å²) in [4.78, 5) is 13.3. The van der Waals surface area contributed by atoms with Gasteiger partial charge < -0.3 is 5.32 Å². The van der Waals surface area contributed by atoms with Gasteiger partial charge >= 0.3 is 0 Å². The molecule has 0 heterocycles. The van der Waals surface area contributed by atoms with Crippen LogP contribution in [0.15, 0.2) is 53.4 Å². The highest BCUT2D eigenvalue weighted by molar-refractivity contribution is 7.99. The maximum atomic E-state index is 12.1. The average Bonchev–Trinajstić information content (AvgIpc) is 2.44. The Morgan fingerprint density at radius 3 is 2.55 bits per heavy atom. The molecule has 0 saturated carbocycles. The van der Waals surface area contributed by atoms with E-state index in [1.54, 1.807) is 11.8 Å². The molecule has 0 fully saturated rings. The first-order valence-electron chi connectivity index (χ1n) is 6.70. The van der Waals surface area contributed by atoms with Crippen molar-refractivity contribution in [3.05, 3.63) is 65.2 Å². The summed E-state index contributed by atoms with van der Waals surface area (Å²) in [6.07, 6.45) is 0. The second-order valence-corrected chi connectivity index (χ2v) is 5.90. The number of carbonyl (C=O) groups is 1. The Kier molecular flexibility index (Phi) is 5.24. The van der Waals surface area contributed by atoms with E-state index in [2.05, 4.69) is 17.4 Å². The summed E-state index contributed by atoms with van der Waals surface area (Å²) in [5, 5.41) is 2.97. The van der Waals surface area contributed by atoms with Crippen molar-refractivity contribution in [3.8, 4) is 0 Å². The first-order valence-corrected chi connectivity index (χ1v) is 7.68. The highest BCUT2D eigenvalue weighted by Gasteiger charge is 2.07. The molecule has 1 amide bonds. The number of carbonyl (C=O) groups excluding carboxylic acids is 1. The Labute approximate surface area is 124 Å². The molecule has 0 aliphatic heterocycles. The number of aryl methyl sites for hydroxylation is 2. The van der Waals surface area contributed by atoms with E-state index in [4.69, 9.17) is 0 Å². The van der Waals surface area contributed by atoms with Gasteiger partial charge in [-0.15, -0.1) is 11.8 Å². The lowest BCUT2D eigenvalue weighted by Crippen LogP contribution is -2.26. The van der Waals surface area contributed by atoms with E-state index in [0.717, 1.165) is 16.9 Å². The number of amides is 1. The maximum absolute atomic E-state index is 12.1. The predicted molar refractivity (Wildman–Crippen MR) is 85.4 cm³/mol. The molecule has 2 aromatic carbocycles. The molecule has 0 aliphatic carbocycles. The number of nitrogens with one attached hydrogen (secondary N) is 1. The molecule has 2 aromatic rings. The summed E-state index contributed by atoms with van der Waals surface area (Å²) in [6, 6.07) is 16.1. The van der Waals surface area contributed by atoms with Gasteiger partial charge in [0.1, 0.15) is 0 Å². The van der Waals surface area contributed by atoms with Crippen molar-refractivity contribution in [2.45, 2.75) is 18.7 Å². The van der Waals surface area contributed by atoms with E-state index in [9.17, 15) is 4.79 Å². The van der Waals surface area contributed by atoms with Crippen LogP contribution in [0.3, 0.4) is 0 Å². The fourth-order valence-corrected chi connectivity index (χ4v) is 2.80. The minimum absolute atomic E-state index is 0.0103. The van der Waals surface area contributed by atoms with Gasteiger partial charge in [-0.25, -0.2) is 0 Å². The predicted octanol–water partition coefficient (Wildman–Crippen LogP) is 3.83. The van der Waals surface area contributed by atoms with E-state index in [0.29, 0.717) is 6.54 Å². The van der Waals surface area contributed by atoms with Gasteiger partial charge in [0.05, 0.1) is 0 Å². The molecule has 0 radical (unpaired) electrons. The van der Waals surface area contributed by atoms with Crippen LogP contribution in [0.25, 0.3) is 0 Å². The van der Waals surface area contributed by atoms with Gasteiger partial charge in [-0.05, 0) is 37.6 Å². The van der Waals surface area contributed by atoms with Crippen LogP contribution >= 0.6 is 11.8 Å². The lowest BCUT2D eigenvalue weighted by atomic mass is 10.1. The number of benzene rings is 2. The summed E-state index contributed by atoms with van der Waals surface area (Å²) in [5.41, 5.74) is 2.97. The second-order valence-electron chi connectivity index (χ2n) is 4.74. The molecule has 2 nitrogen and oxygen atoms in total. The largest absolute Gasteiger partial charge is 0.351 e. The third-order valence-electron chi connectivity index (χ3n) is 3.03. The molecule has 104 valence electrons. The van der Waals surface area contributed by atoms with Crippen molar-refractivity contribution in [1.82, 2.24) is 5.32 Å². The molecule has 0 spiro atoms. The minimum Gasteiger partial charge on any atom is -0.351 e. The monoisotopic (exact) mass is 285 g/mol. The molecule has 0 aromatic heterocycles. The molecule has 0 saturated heterocycles. The van der Waals surface area contributed by atoms with Gasteiger partial charge in [0.25, 0.3) is 5.91 Å². The third kappa shape index (κ3) is 4.14. The molecule has 0 unspecified atom stereocenters. The van der Waals surface area contributed by atoms with Crippen LogP contribution < -0.4 is 5.32 Å². The Balaban J connectivity index is 1.80. The van der Waals surface area contributed by atoms with Crippen molar-refractivity contribution in [2.24, 2.45) is 0 Å². The van der Waals surface area contributed by atoms with E-state index in [1.165, 1.54) is 10.5 Å². The van der Waals surface area contributed by atoms with E-state index < -0.39 is 0 Å². The minimum atomic E-state index is 0.0103. The van der Waals surface area contributed by atoms with Crippen LogP contribution in [-0.4, -0.2) is 18.2 Å². The first kappa shape index (κ1) is 14.7. The smallest absolute Gasteiger partial charge is 0.251 e. The highest BCUT2D eigenvalue weighted by Crippen LogP contribution is 2.16. The molecule has 3 heteroatoms. The summed E-state index contributed by atoms with van der Waals surface area (Å²) in [5.74, 6) is 0.886. The van der Waals surface area contributed by atoms with Crippen LogP contribution in [0.2, 0.25) is 0 Å². The molecule has 0 bridgehead atoms. The Morgan fingerprint density at radius 1 is 1.10 bits per heavy atom. The van der Waals surface area contributed by atoms with Crippen molar-refractivity contribution >= 4 is 17.7 Å². The Hall–Kier alpha value is -1.74. The topological polar surface area (TPSA) is 29.1 Å². The van der Waals surface area contributed by atoms with Gasteiger partial charge in [-0.1, -0.05) is 35.9 Å². The SMILES string of the molecule is Cc1ccc(C(=O)NCCSc2ccccc2)c(C)c1. The fourth-order valence-electron chi connectivity index (χ4n) is 2.01. The summed E-state index contributed by atoms with van der Waals surface area (Å²) in [6.45, 7) is 4.68. The van der Waals surface area contributed by atoms with Gasteiger partial charge in [0, 0.05) is 22.8 Å². The number of hydrogen-bond acceptors (Lipinski definition) is 2. The average molecular weight is 285 g/mol. The van der Waals surface area contributed by atoms with Crippen LogP contribution in [0.4, 0.5) is 0 Å². The number of rotatable bonds is 5. The highest BCUT2D eigenvalue weighted by atomic mass is 32.2. The molecule has 1 N–H and O–H groups in total. The second kappa shape index (κ2) is 7.15. The van der Waals surface area contributed by atoms with Crippen LogP contribution in [0.5, 0.6) is 0 Å². The quantitative estimate of drug-likeness (QED) is 0.668. The molecular formula is C17H19NOS. The normalized spacial score (nSPS) is 10.3. The Morgan fingerprint density at radius 2 is 1.85 bits per heavy atom. The zero-order valence-corrected chi connectivity index (χ0v) is 12.7. The first-order chi connectivity index (χ1) is 9.66. The van der Waals surface area contributed by atoms with Crippen molar-refractivity contribution in [2.75, 3.05) is 12.3 Å². The molecule has 0 atom stereocenters. The summed E-state index contributed by atoms with van der Waals surface area (Å²) in [7, 11) is 0. The Bertz CT molecular complexity index is 581. The summed E-state index contributed by atoms with van der Waals surface area (Å²) < 4.78 is 0. The van der Waals surface area contributed by atoms with Crippen LogP contribution in [0.1, 0.15) is 21.5 Å². The molecule has 0 aliphatic rings. The molecule has 20 heavy (non-hydrogen) atoms. The van der Waals surface area contributed by atoms with Crippen molar-refractivity contribution in [3.63, 3.8) is 0 Å². The van der Waals surface area contributed by atoms with Gasteiger partial charge in [0.2, 0.25) is 0 Å². The third-order valence-corrected chi connectivity index (χ3v) is 4.04. The maximum Gasteiger partial charge on any atom is 0.251 e. The zero-order chi connectivity index (χ0) is 14.4. The van der Waals surface area contributed by atoms with Gasteiger partial charge in [0.15, 0.2) is 0 Å².